The molecule has 0 spiro atoms. The minimum absolute atomic E-state index is 0.0229. The van der Waals surface area contributed by atoms with Crippen LogP contribution in [-0.4, -0.2) is 22.8 Å². The van der Waals surface area contributed by atoms with E-state index in [1.807, 2.05) is 0 Å². The maximum absolute atomic E-state index is 11.4. The number of H-pyrrole nitrogens is 1. The minimum Gasteiger partial charge on any atom is -0.399 e. The zero-order valence-electron chi connectivity index (χ0n) is 5.25. The lowest BCUT2D eigenvalue weighted by Crippen LogP contribution is -2.08. The van der Waals surface area contributed by atoms with E-state index in [4.69, 9.17) is 0 Å². The van der Waals surface area contributed by atoms with Crippen LogP contribution in [0.5, 0.6) is 0 Å². The topological polar surface area (TPSA) is 55.0 Å². The van der Waals surface area contributed by atoms with Gasteiger partial charge in [0, 0.05) is 6.20 Å². The number of hydrogen-bond donors (Lipinski definition) is 1. The first-order valence-electron chi connectivity index (χ1n) is 2.68. The van der Waals surface area contributed by atoms with Crippen LogP contribution in [0.2, 0.25) is 0 Å². The summed E-state index contributed by atoms with van der Waals surface area (Å²) in [7, 11) is 0. The summed E-state index contributed by atoms with van der Waals surface area (Å²) >= 11 is 0. The third kappa shape index (κ3) is 1.99. The number of carbonyl (C=O) groups is 1. The molecule has 0 saturated carbocycles. The van der Waals surface area contributed by atoms with Gasteiger partial charge in [0.15, 0.2) is 0 Å². The molecular weight excluding hydrogens is 158 g/mol. The second-order valence-corrected chi connectivity index (χ2v) is 1.65. The van der Waals surface area contributed by atoms with Crippen molar-refractivity contribution in [3.63, 3.8) is 0 Å². The fraction of sp³-hybridized carbons (Fsp3) is 0.200. The van der Waals surface area contributed by atoms with Gasteiger partial charge in [-0.25, -0.2) is 4.79 Å². The molecule has 6 heteroatoms. The van der Waals surface area contributed by atoms with E-state index in [9.17, 15) is 13.6 Å². The molecule has 0 aliphatic carbocycles. The molecule has 1 aromatic rings. The van der Waals surface area contributed by atoms with Crippen LogP contribution < -0.4 is 0 Å². The fourth-order valence-corrected chi connectivity index (χ4v) is 0.511. The molecule has 1 N–H and O–H groups in total. The Bertz CT molecular complexity index is 235. The second-order valence-electron chi connectivity index (χ2n) is 1.65. The summed E-state index contributed by atoms with van der Waals surface area (Å²) in [5.41, 5.74) is -0.0229. The standard InChI is InChI=1S/C5H4F2N2O2/c6-5(7)11-4(10)3-1-8-9-2-3/h1-2,5H,(H,8,9). The van der Waals surface area contributed by atoms with Crippen LogP contribution in [-0.2, 0) is 4.74 Å². The number of aromatic nitrogens is 2. The zero-order valence-corrected chi connectivity index (χ0v) is 5.25. The molecule has 11 heavy (non-hydrogen) atoms. The van der Waals surface area contributed by atoms with Crippen LogP contribution in [0.25, 0.3) is 0 Å². The molecule has 0 aliphatic rings. The molecule has 0 amide bonds. The monoisotopic (exact) mass is 162 g/mol. The average Bonchev–Trinajstić information content (AvgIpc) is 2.35. The van der Waals surface area contributed by atoms with Crippen molar-refractivity contribution in [2.75, 3.05) is 0 Å². The predicted molar refractivity (Wildman–Crippen MR) is 30.0 cm³/mol. The van der Waals surface area contributed by atoms with Gasteiger partial charge in [0.2, 0.25) is 0 Å². The van der Waals surface area contributed by atoms with Crippen LogP contribution in [0.4, 0.5) is 8.78 Å². The molecule has 0 aromatic carbocycles. The first kappa shape index (κ1) is 7.64. The summed E-state index contributed by atoms with van der Waals surface area (Å²) in [5, 5.41) is 5.67. The molecule has 1 aromatic heterocycles. The SMILES string of the molecule is O=C(OC(F)F)c1cn[nH]c1. The maximum atomic E-state index is 11.4. The molecule has 0 atom stereocenters. The van der Waals surface area contributed by atoms with Crippen molar-refractivity contribution in [3.8, 4) is 0 Å². The summed E-state index contributed by atoms with van der Waals surface area (Å²) in [6, 6.07) is 0. The molecule has 1 rings (SSSR count). The van der Waals surface area contributed by atoms with Gasteiger partial charge in [-0.1, -0.05) is 0 Å². The number of rotatable bonds is 2. The molecule has 0 aliphatic heterocycles. The molecule has 0 fully saturated rings. The van der Waals surface area contributed by atoms with Gasteiger partial charge in [-0.3, -0.25) is 5.10 Å². The number of alkyl halides is 2. The number of halogens is 2. The minimum atomic E-state index is -3.09. The van der Waals surface area contributed by atoms with Gasteiger partial charge in [-0.2, -0.15) is 13.9 Å². The Labute approximate surface area is 60.2 Å². The molecule has 1 heterocycles. The summed E-state index contributed by atoms with van der Waals surface area (Å²) in [5.74, 6) is -1.09. The van der Waals surface area contributed by atoms with E-state index in [0.717, 1.165) is 6.20 Å². The third-order valence-electron chi connectivity index (χ3n) is 0.930. The molecule has 0 radical (unpaired) electrons. The largest absolute Gasteiger partial charge is 0.399 e. The number of aromatic amines is 1. The average molecular weight is 162 g/mol. The van der Waals surface area contributed by atoms with Crippen LogP contribution in [0.15, 0.2) is 12.4 Å². The molecule has 0 saturated heterocycles. The van der Waals surface area contributed by atoms with E-state index < -0.39 is 12.6 Å². The zero-order chi connectivity index (χ0) is 8.27. The van der Waals surface area contributed by atoms with Crippen LogP contribution >= 0.6 is 0 Å². The molecule has 0 unspecified atom stereocenters. The lowest BCUT2D eigenvalue weighted by molar-refractivity contribution is -0.0906. The Morgan fingerprint density at radius 2 is 2.45 bits per heavy atom. The normalized spacial score (nSPS) is 10.1. The lowest BCUT2D eigenvalue weighted by Gasteiger charge is -1.98. The summed E-state index contributed by atoms with van der Waals surface area (Å²) in [6.45, 7) is -3.09. The van der Waals surface area contributed by atoms with E-state index in [1.54, 1.807) is 0 Å². The highest BCUT2D eigenvalue weighted by Crippen LogP contribution is 2.02. The van der Waals surface area contributed by atoms with E-state index >= 15 is 0 Å². The second kappa shape index (κ2) is 3.09. The highest BCUT2D eigenvalue weighted by atomic mass is 19.3. The lowest BCUT2D eigenvalue weighted by atomic mass is 10.4. The Morgan fingerprint density at radius 3 is 2.91 bits per heavy atom. The fourth-order valence-electron chi connectivity index (χ4n) is 0.511. The summed E-state index contributed by atoms with van der Waals surface area (Å²) in [4.78, 5) is 10.6. The van der Waals surface area contributed by atoms with Crippen molar-refractivity contribution >= 4 is 5.97 Å². The van der Waals surface area contributed by atoms with Crippen LogP contribution in [0, 0.1) is 0 Å². The highest BCUT2D eigenvalue weighted by molar-refractivity contribution is 5.88. The molecule has 60 valence electrons. The molecular formula is C5H4F2N2O2. The van der Waals surface area contributed by atoms with Gasteiger partial charge >= 0.3 is 12.6 Å². The van der Waals surface area contributed by atoms with Gasteiger partial charge in [0.25, 0.3) is 0 Å². The number of esters is 1. The van der Waals surface area contributed by atoms with Gasteiger partial charge < -0.3 is 4.74 Å². The van der Waals surface area contributed by atoms with Crippen molar-refractivity contribution in [1.82, 2.24) is 10.2 Å². The molecule has 4 nitrogen and oxygen atoms in total. The van der Waals surface area contributed by atoms with Crippen molar-refractivity contribution in [1.29, 1.82) is 0 Å². The smallest absolute Gasteiger partial charge is 0.389 e. The number of nitrogens with zero attached hydrogens (tertiary/aromatic N) is 1. The maximum Gasteiger partial charge on any atom is 0.389 e. The van der Waals surface area contributed by atoms with Crippen molar-refractivity contribution < 1.29 is 18.3 Å². The highest BCUT2D eigenvalue weighted by Gasteiger charge is 2.13. The van der Waals surface area contributed by atoms with E-state index in [-0.39, 0.29) is 5.56 Å². The molecule has 0 bridgehead atoms. The first-order chi connectivity index (χ1) is 5.20. The Balaban J connectivity index is 2.57. The number of ether oxygens (including phenoxy) is 1. The van der Waals surface area contributed by atoms with E-state index in [2.05, 4.69) is 14.9 Å². The number of hydrogen-bond acceptors (Lipinski definition) is 3. The van der Waals surface area contributed by atoms with Crippen LogP contribution in [0.1, 0.15) is 10.4 Å². The van der Waals surface area contributed by atoms with Crippen molar-refractivity contribution in [2.24, 2.45) is 0 Å². The van der Waals surface area contributed by atoms with Crippen molar-refractivity contribution in [2.45, 2.75) is 6.61 Å². The Kier molecular flexibility index (Phi) is 2.15. The van der Waals surface area contributed by atoms with Gasteiger partial charge in [0.1, 0.15) is 0 Å². The summed E-state index contributed by atoms with van der Waals surface area (Å²) < 4.78 is 26.4. The Morgan fingerprint density at radius 1 is 1.73 bits per heavy atom. The van der Waals surface area contributed by atoms with E-state index in [1.165, 1.54) is 6.20 Å². The third-order valence-corrected chi connectivity index (χ3v) is 0.930. The van der Waals surface area contributed by atoms with Crippen molar-refractivity contribution in [3.05, 3.63) is 18.0 Å². The number of carbonyl (C=O) groups excluding carboxylic acids is 1. The van der Waals surface area contributed by atoms with E-state index in [0.29, 0.717) is 0 Å². The first-order valence-corrected chi connectivity index (χ1v) is 2.68. The van der Waals surface area contributed by atoms with Gasteiger partial charge in [-0.15, -0.1) is 0 Å². The quantitative estimate of drug-likeness (QED) is 0.654. The summed E-state index contributed by atoms with van der Waals surface area (Å²) in [6.07, 6.45) is 2.27. The van der Waals surface area contributed by atoms with Gasteiger partial charge in [0.05, 0.1) is 11.8 Å². The Hall–Kier alpha value is -1.46. The number of nitrogens with one attached hydrogen (secondary N) is 1. The van der Waals surface area contributed by atoms with Gasteiger partial charge in [-0.05, 0) is 0 Å². The van der Waals surface area contributed by atoms with Crippen LogP contribution in [0.3, 0.4) is 0 Å². The predicted octanol–water partition coefficient (Wildman–Crippen LogP) is 0.789.